The summed E-state index contributed by atoms with van der Waals surface area (Å²) in [6.45, 7) is 2.58. The van der Waals surface area contributed by atoms with Crippen LogP contribution in [0, 0.1) is 24.5 Å². The van der Waals surface area contributed by atoms with Crippen molar-refractivity contribution in [3.05, 3.63) is 70.8 Å². The Bertz CT molecular complexity index is 731. The molecular weight excluding hydrogens is 312 g/mol. The van der Waals surface area contributed by atoms with E-state index in [4.69, 9.17) is 0 Å². The molecule has 1 amide bonds. The minimum atomic E-state index is -0.652. The van der Waals surface area contributed by atoms with Crippen molar-refractivity contribution >= 4 is 5.91 Å². The molecular formula is C18H19F2N3O. The molecule has 0 aliphatic carbocycles. The lowest BCUT2D eigenvalue weighted by Gasteiger charge is -2.19. The molecule has 6 heteroatoms. The molecule has 0 spiro atoms. The highest BCUT2D eigenvalue weighted by Gasteiger charge is 2.33. The number of benzene rings is 2. The average Bonchev–Trinajstić information content (AvgIpc) is 3.01. The van der Waals surface area contributed by atoms with Crippen LogP contribution in [0.1, 0.15) is 22.7 Å². The van der Waals surface area contributed by atoms with E-state index in [1.165, 1.54) is 12.1 Å². The minimum absolute atomic E-state index is 0.0878. The van der Waals surface area contributed by atoms with Crippen molar-refractivity contribution in [1.82, 2.24) is 16.2 Å². The second-order valence-corrected chi connectivity index (χ2v) is 6.02. The fourth-order valence-electron chi connectivity index (χ4n) is 2.95. The van der Waals surface area contributed by atoms with Crippen LogP contribution in [0.2, 0.25) is 0 Å². The van der Waals surface area contributed by atoms with Gasteiger partial charge in [-0.15, -0.1) is 0 Å². The van der Waals surface area contributed by atoms with Gasteiger partial charge >= 0.3 is 0 Å². The highest BCUT2D eigenvalue weighted by molar-refractivity contribution is 5.80. The summed E-state index contributed by atoms with van der Waals surface area (Å²) in [4.78, 5) is 12.5. The van der Waals surface area contributed by atoms with Gasteiger partial charge in [-0.3, -0.25) is 10.2 Å². The summed E-state index contributed by atoms with van der Waals surface area (Å²) < 4.78 is 26.4. The molecule has 1 fully saturated rings. The summed E-state index contributed by atoms with van der Waals surface area (Å²) in [7, 11) is 0. The molecule has 0 aromatic heterocycles. The Hall–Kier alpha value is -2.31. The first kappa shape index (κ1) is 16.5. The van der Waals surface area contributed by atoms with Gasteiger partial charge in [0.25, 0.3) is 0 Å². The van der Waals surface area contributed by atoms with Crippen LogP contribution in [0.4, 0.5) is 8.78 Å². The molecule has 2 aromatic rings. The van der Waals surface area contributed by atoms with E-state index in [1.807, 2.05) is 31.2 Å². The molecule has 1 aliphatic rings. The normalized spacial score (nSPS) is 20.1. The van der Waals surface area contributed by atoms with Crippen LogP contribution in [-0.2, 0) is 11.3 Å². The maximum atomic E-state index is 13.2. The highest BCUT2D eigenvalue weighted by atomic mass is 19.1. The number of hydrogen-bond donors (Lipinski definition) is 3. The van der Waals surface area contributed by atoms with Gasteiger partial charge < -0.3 is 5.32 Å². The van der Waals surface area contributed by atoms with Crippen LogP contribution in [0.3, 0.4) is 0 Å². The third kappa shape index (κ3) is 3.77. The fraction of sp³-hybridized carbons (Fsp3) is 0.278. The molecule has 2 atom stereocenters. The van der Waals surface area contributed by atoms with E-state index in [9.17, 15) is 13.6 Å². The molecule has 2 aromatic carbocycles. The molecule has 4 nitrogen and oxygen atoms in total. The molecule has 1 aliphatic heterocycles. The number of aryl methyl sites for hydroxylation is 1. The Balaban J connectivity index is 1.67. The van der Waals surface area contributed by atoms with E-state index >= 15 is 0 Å². The van der Waals surface area contributed by atoms with Crippen molar-refractivity contribution in [2.75, 3.05) is 6.54 Å². The number of rotatable bonds is 4. The number of nitrogens with one attached hydrogen (secondary N) is 3. The number of carbonyl (C=O) groups is 1. The van der Waals surface area contributed by atoms with Gasteiger partial charge in [0.05, 0.1) is 12.0 Å². The predicted molar refractivity (Wildman–Crippen MR) is 86.8 cm³/mol. The number of carbonyl (C=O) groups excluding carboxylic acids is 1. The SMILES string of the molecule is Cc1cccc(C2NNCC2C(=O)NCc2cc(F)cc(F)c2)c1. The second kappa shape index (κ2) is 7.07. The summed E-state index contributed by atoms with van der Waals surface area (Å²) in [5.74, 6) is -1.77. The monoisotopic (exact) mass is 331 g/mol. The maximum absolute atomic E-state index is 13.2. The van der Waals surface area contributed by atoms with Crippen molar-refractivity contribution in [2.45, 2.75) is 19.5 Å². The van der Waals surface area contributed by atoms with Crippen LogP contribution in [-0.4, -0.2) is 12.5 Å². The third-order valence-electron chi connectivity index (χ3n) is 4.11. The second-order valence-electron chi connectivity index (χ2n) is 6.02. The molecule has 24 heavy (non-hydrogen) atoms. The van der Waals surface area contributed by atoms with Crippen LogP contribution < -0.4 is 16.2 Å². The van der Waals surface area contributed by atoms with E-state index in [0.29, 0.717) is 12.1 Å². The summed E-state index contributed by atoms with van der Waals surface area (Å²) in [5, 5.41) is 2.76. The van der Waals surface area contributed by atoms with Crippen molar-refractivity contribution in [3.63, 3.8) is 0 Å². The Morgan fingerprint density at radius 3 is 2.67 bits per heavy atom. The summed E-state index contributed by atoms with van der Waals surface area (Å²) in [5.41, 5.74) is 8.66. The highest BCUT2D eigenvalue weighted by Crippen LogP contribution is 2.25. The third-order valence-corrected chi connectivity index (χ3v) is 4.11. The van der Waals surface area contributed by atoms with Gasteiger partial charge in [0, 0.05) is 19.2 Å². The minimum Gasteiger partial charge on any atom is -0.352 e. The summed E-state index contributed by atoms with van der Waals surface area (Å²) in [6, 6.07) is 11.1. The fourth-order valence-corrected chi connectivity index (χ4v) is 2.95. The lowest BCUT2D eigenvalue weighted by molar-refractivity contribution is -0.125. The van der Waals surface area contributed by atoms with E-state index in [-0.39, 0.29) is 24.4 Å². The quantitative estimate of drug-likeness (QED) is 0.806. The molecule has 2 unspecified atom stereocenters. The van der Waals surface area contributed by atoms with Crippen molar-refractivity contribution in [2.24, 2.45) is 5.92 Å². The van der Waals surface area contributed by atoms with Crippen molar-refractivity contribution in [1.29, 1.82) is 0 Å². The van der Waals surface area contributed by atoms with Gasteiger partial charge in [0.1, 0.15) is 11.6 Å². The number of hydrazine groups is 1. The summed E-state index contributed by atoms with van der Waals surface area (Å²) in [6.07, 6.45) is 0. The van der Waals surface area contributed by atoms with Gasteiger partial charge in [-0.25, -0.2) is 14.2 Å². The van der Waals surface area contributed by atoms with Crippen molar-refractivity contribution < 1.29 is 13.6 Å². The largest absolute Gasteiger partial charge is 0.352 e. The van der Waals surface area contributed by atoms with E-state index in [2.05, 4.69) is 16.2 Å². The van der Waals surface area contributed by atoms with Crippen LogP contribution in [0.5, 0.6) is 0 Å². The molecule has 0 radical (unpaired) electrons. The molecule has 3 rings (SSSR count). The van der Waals surface area contributed by atoms with E-state index in [0.717, 1.165) is 17.2 Å². The zero-order valence-corrected chi connectivity index (χ0v) is 13.3. The molecule has 3 N–H and O–H groups in total. The molecule has 0 saturated carbocycles. The standard InChI is InChI=1S/C18H19F2N3O/c1-11-3-2-4-13(5-11)17-16(10-22-23-17)18(24)21-9-12-6-14(19)8-15(20)7-12/h2-8,16-17,22-23H,9-10H2,1H3,(H,21,24). The van der Waals surface area contributed by atoms with E-state index in [1.54, 1.807) is 0 Å². The smallest absolute Gasteiger partial charge is 0.226 e. The van der Waals surface area contributed by atoms with Gasteiger partial charge in [0.15, 0.2) is 0 Å². The molecule has 1 saturated heterocycles. The Labute approximate surface area is 139 Å². The van der Waals surface area contributed by atoms with Crippen molar-refractivity contribution in [3.8, 4) is 0 Å². The van der Waals surface area contributed by atoms with Gasteiger partial charge in [-0.05, 0) is 30.2 Å². The topological polar surface area (TPSA) is 53.2 Å². The maximum Gasteiger partial charge on any atom is 0.226 e. The number of halogens is 2. The Morgan fingerprint density at radius 2 is 1.96 bits per heavy atom. The van der Waals surface area contributed by atoms with Crippen LogP contribution >= 0.6 is 0 Å². The number of hydrogen-bond acceptors (Lipinski definition) is 3. The summed E-state index contributed by atoms with van der Waals surface area (Å²) >= 11 is 0. The molecule has 1 heterocycles. The van der Waals surface area contributed by atoms with Gasteiger partial charge in [-0.1, -0.05) is 29.8 Å². The predicted octanol–water partition coefficient (Wildman–Crippen LogP) is 2.35. The Kier molecular flexibility index (Phi) is 4.87. The lowest BCUT2D eigenvalue weighted by atomic mass is 9.93. The van der Waals surface area contributed by atoms with Crippen LogP contribution in [0.25, 0.3) is 0 Å². The van der Waals surface area contributed by atoms with Crippen LogP contribution in [0.15, 0.2) is 42.5 Å². The van der Waals surface area contributed by atoms with E-state index < -0.39 is 11.6 Å². The zero-order chi connectivity index (χ0) is 17.1. The first-order valence-corrected chi connectivity index (χ1v) is 7.80. The van der Waals surface area contributed by atoms with Gasteiger partial charge in [0.2, 0.25) is 5.91 Å². The number of amides is 1. The average molecular weight is 331 g/mol. The van der Waals surface area contributed by atoms with Gasteiger partial charge in [-0.2, -0.15) is 0 Å². The molecule has 0 bridgehead atoms. The Morgan fingerprint density at radius 1 is 1.21 bits per heavy atom. The lowest BCUT2D eigenvalue weighted by Crippen LogP contribution is -2.34. The zero-order valence-electron chi connectivity index (χ0n) is 13.3. The molecule has 126 valence electrons. The first-order valence-electron chi connectivity index (χ1n) is 7.80. The first-order chi connectivity index (χ1) is 11.5.